The van der Waals surface area contributed by atoms with E-state index in [1.807, 2.05) is 72.8 Å². The average molecular weight is 502 g/mol. The lowest BCUT2D eigenvalue weighted by atomic mass is 10.2. The fraction of sp³-hybridized carbons (Fsp3) is 0.208. The lowest BCUT2D eigenvalue weighted by molar-refractivity contribution is 0.302. The molecule has 0 radical (unpaired) electrons. The SMILES string of the molecule is Cl.Clc1ccccc1COc1ccccc1CNCCCSc1nnnn1-c1ccccc1. The van der Waals surface area contributed by atoms with E-state index in [1.54, 1.807) is 16.4 Å². The second kappa shape index (κ2) is 13.2. The molecule has 4 rings (SSSR count). The number of nitrogens with one attached hydrogen (secondary N) is 1. The minimum absolute atomic E-state index is 0. The highest BCUT2D eigenvalue weighted by atomic mass is 35.5. The molecule has 0 aliphatic rings. The molecule has 0 saturated carbocycles. The number of aromatic nitrogens is 4. The van der Waals surface area contributed by atoms with E-state index >= 15 is 0 Å². The van der Waals surface area contributed by atoms with Gasteiger partial charge in [0.05, 0.1) is 5.69 Å². The Labute approximate surface area is 209 Å². The molecule has 0 amide bonds. The predicted molar refractivity (Wildman–Crippen MR) is 136 cm³/mol. The number of hydrogen-bond acceptors (Lipinski definition) is 6. The molecule has 6 nitrogen and oxygen atoms in total. The summed E-state index contributed by atoms with van der Waals surface area (Å²) in [7, 11) is 0. The molecule has 0 aliphatic carbocycles. The number of tetrazole rings is 1. The van der Waals surface area contributed by atoms with E-state index in [2.05, 4.69) is 26.9 Å². The van der Waals surface area contributed by atoms with Gasteiger partial charge in [-0.2, -0.15) is 4.68 Å². The summed E-state index contributed by atoms with van der Waals surface area (Å²) in [5.41, 5.74) is 3.07. The van der Waals surface area contributed by atoms with Crippen LogP contribution in [0.4, 0.5) is 0 Å². The number of thioether (sulfide) groups is 1. The van der Waals surface area contributed by atoms with Gasteiger partial charge in [-0.25, -0.2) is 0 Å². The number of rotatable bonds is 11. The predicted octanol–water partition coefficient (Wildman–Crippen LogP) is 5.59. The number of hydrogen-bond donors (Lipinski definition) is 1. The van der Waals surface area contributed by atoms with Gasteiger partial charge < -0.3 is 10.1 Å². The Morgan fingerprint density at radius 3 is 2.45 bits per heavy atom. The smallest absolute Gasteiger partial charge is 0.214 e. The summed E-state index contributed by atoms with van der Waals surface area (Å²) in [5, 5.41) is 17.1. The van der Waals surface area contributed by atoms with Crippen molar-refractivity contribution >= 4 is 35.8 Å². The topological polar surface area (TPSA) is 64.9 Å². The third-order valence-corrected chi connectivity index (χ3v) is 6.17. The van der Waals surface area contributed by atoms with Crippen LogP contribution in [-0.4, -0.2) is 32.5 Å². The molecule has 0 unspecified atom stereocenters. The van der Waals surface area contributed by atoms with Crippen molar-refractivity contribution in [3.05, 3.63) is 95.0 Å². The minimum Gasteiger partial charge on any atom is -0.489 e. The van der Waals surface area contributed by atoms with Crippen molar-refractivity contribution in [1.29, 1.82) is 0 Å². The normalized spacial score (nSPS) is 10.6. The van der Waals surface area contributed by atoms with Crippen LogP contribution in [0.1, 0.15) is 17.5 Å². The van der Waals surface area contributed by atoms with E-state index in [0.29, 0.717) is 6.61 Å². The number of nitrogens with zero attached hydrogens (tertiary/aromatic N) is 4. The summed E-state index contributed by atoms with van der Waals surface area (Å²) >= 11 is 7.89. The molecule has 1 heterocycles. The molecule has 172 valence electrons. The van der Waals surface area contributed by atoms with Crippen molar-refractivity contribution in [1.82, 2.24) is 25.5 Å². The largest absolute Gasteiger partial charge is 0.489 e. The molecule has 0 fully saturated rings. The van der Waals surface area contributed by atoms with Gasteiger partial charge in [0.1, 0.15) is 12.4 Å². The molecule has 9 heteroatoms. The molecule has 3 aromatic carbocycles. The molecular weight excluding hydrogens is 477 g/mol. The Hall–Kier alpha value is -2.58. The standard InChI is InChI=1S/C24H24ClN5OS.ClH/c25-22-13-6-4-10-20(22)18-31-23-14-7-5-9-19(23)17-26-15-8-16-32-24-27-28-29-30(24)21-11-2-1-3-12-21;/h1-7,9-14,26H,8,15-18H2;1H. The van der Waals surface area contributed by atoms with Gasteiger partial charge in [-0.1, -0.05) is 78.0 Å². The van der Waals surface area contributed by atoms with Gasteiger partial charge in [0.25, 0.3) is 0 Å². The van der Waals surface area contributed by atoms with Crippen LogP contribution in [0.3, 0.4) is 0 Å². The molecule has 0 saturated heterocycles. The van der Waals surface area contributed by atoms with Gasteiger partial charge in [-0.15, -0.1) is 17.5 Å². The summed E-state index contributed by atoms with van der Waals surface area (Å²) in [5.74, 6) is 1.79. The van der Waals surface area contributed by atoms with Crippen LogP contribution >= 0.6 is 35.8 Å². The molecular formula is C24H25Cl2N5OS. The fourth-order valence-corrected chi connectivity index (χ4v) is 4.17. The van der Waals surface area contributed by atoms with Crippen molar-refractivity contribution in [3.8, 4) is 11.4 Å². The average Bonchev–Trinajstić information content (AvgIpc) is 3.30. The third-order valence-electron chi connectivity index (χ3n) is 4.80. The van der Waals surface area contributed by atoms with E-state index in [-0.39, 0.29) is 12.4 Å². The van der Waals surface area contributed by atoms with E-state index in [9.17, 15) is 0 Å². The van der Waals surface area contributed by atoms with Gasteiger partial charge in [0.2, 0.25) is 5.16 Å². The maximum Gasteiger partial charge on any atom is 0.214 e. The first-order valence-electron chi connectivity index (χ1n) is 10.4. The third kappa shape index (κ3) is 7.20. The quantitative estimate of drug-likeness (QED) is 0.213. The monoisotopic (exact) mass is 501 g/mol. The number of halogens is 2. The first kappa shape index (κ1) is 25.1. The molecule has 0 bridgehead atoms. The van der Waals surface area contributed by atoms with Crippen LogP contribution in [0, 0.1) is 0 Å². The summed E-state index contributed by atoms with van der Waals surface area (Å²) in [6, 6.07) is 25.8. The lowest BCUT2D eigenvalue weighted by Crippen LogP contribution is -2.16. The summed E-state index contributed by atoms with van der Waals surface area (Å²) in [6.45, 7) is 2.08. The molecule has 1 aromatic heterocycles. The maximum absolute atomic E-state index is 6.24. The zero-order valence-corrected chi connectivity index (χ0v) is 20.3. The van der Waals surface area contributed by atoms with Crippen LogP contribution in [-0.2, 0) is 13.2 Å². The molecule has 33 heavy (non-hydrogen) atoms. The van der Waals surface area contributed by atoms with Crippen LogP contribution in [0.5, 0.6) is 5.75 Å². The number of ether oxygens (including phenoxy) is 1. The van der Waals surface area contributed by atoms with E-state index < -0.39 is 0 Å². The Morgan fingerprint density at radius 2 is 1.64 bits per heavy atom. The van der Waals surface area contributed by atoms with Crippen molar-refractivity contribution in [3.63, 3.8) is 0 Å². The van der Waals surface area contributed by atoms with Crippen molar-refractivity contribution in [2.45, 2.75) is 24.7 Å². The Morgan fingerprint density at radius 1 is 0.909 bits per heavy atom. The van der Waals surface area contributed by atoms with Crippen molar-refractivity contribution < 1.29 is 4.74 Å². The van der Waals surface area contributed by atoms with Crippen LogP contribution < -0.4 is 10.1 Å². The molecule has 4 aromatic rings. The molecule has 0 aliphatic heterocycles. The summed E-state index contributed by atoms with van der Waals surface area (Å²) < 4.78 is 7.80. The zero-order chi connectivity index (χ0) is 22.0. The lowest BCUT2D eigenvalue weighted by Gasteiger charge is -2.13. The van der Waals surface area contributed by atoms with E-state index in [4.69, 9.17) is 16.3 Å². The van der Waals surface area contributed by atoms with E-state index in [1.165, 1.54) is 0 Å². The highest BCUT2D eigenvalue weighted by Gasteiger charge is 2.08. The highest BCUT2D eigenvalue weighted by Crippen LogP contribution is 2.22. The highest BCUT2D eigenvalue weighted by molar-refractivity contribution is 7.99. The van der Waals surface area contributed by atoms with Crippen LogP contribution in [0.2, 0.25) is 5.02 Å². The Balaban J connectivity index is 0.00000306. The number of benzene rings is 3. The second-order valence-electron chi connectivity index (χ2n) is 7.08. The Kier molecular flexibility index (Phi) is 10.0. The van der Waals surface area contributed by atoms with Gasteiger partial charge >= 0.3 is 0 Å². The zero-order valence-electron chi connectivity index (χ0n) is 17.9. The second-order valence-corrected chi connectivity index (χ2v) is 8.54. The van der Waals surface area contributed by atoms with E-state index in [0.717, 1.165) is 58.0 Å². The van der Waals surface area contributed by atoms with Gasteiger partial charge in [-0.05, 0) is 47.7 Å². The van der Waals surface area contributed by atoms with Gasteiger partial charge in [-0.3, -0.25) is 0 Å². The fourth-order valence-electron chi connectivity index (χ4n) is 3.15. The first-order valence-corrected chi connectivity index (χ1v) is 11.8. The Bertz CT molecular complexity index is 1130. The first-order chi connectivity index (χ1) is 15.8. The molecule has 1 N–H and O–H groups in total. The molecule has 0 spiro atoms. The summed E-state index contributed by atoms with van der Waals surface area (Å²) in [4.78, 5) is 0. The number of para-hydroxylation sites is 2. The van der Waals surface area contributed by atoms with Crippen molar-refractivity contribution in [2.75, 3.05) is 12.3 Å². The molecule has 0 atom stereocenters. The van der Waals surface area contributed by atoms with Crippen molar-refractivity contribution in [2.24, 2.45) is 0 Å². The van der Waals surface area contributed by atoms with Gasteiger partial charge in [0.15, 0.2) is 0 Å². The van der Waals surface area contributed by atoms with Crippen LogP contribution in [0.25, 0.3) is 5.69 Å². The summed E-state index contributed by atoms with van der Waals surface area (Å²) in [6.07, 6.45) is 0.995. The maximum atomic E-state index is 6.24. The van der Waals surface area contributed by atoms with Gasteiger partial charge in [0, 0.05) is 28.4 Å². The minimum atomic E-state index is 0. The van der Waals surface area contributed by atoms with Crippen LogP contribution in [0.15, 0.2) is 84.0 Å².